The molecular weight excluding hydrogens is 348 g/mol. The highest BCUT2D eigenvalue weighted by Crippen LogP contribution is 2.18. The van der Waals surface area contributed by atoms with Crippen molar-refractivity contribution in [2.24, 2.45) is 0 Å². The van der Waals surface area contributed by atoms with Crippen LogP contribution in [0.3, 0.4) is 0 Å². The van der Waals surface area contributed by atoms with Crippen molar-refractivity contribution in [2.75, 3.05) is 5.32 Å². The molecule has 3 N–H and O–H groups in total. The third-order valence-corrected chi connectivity index (χ3v) is 4.45. The molecule has 2 amide bonds. The number of rotatable bonds is 5. The largest absolute Gasteiger partial charge is 0.476 e. The molecule has 140 valence electrons. The average Bonchev–Trinajstić information content (AvgIpc) is 2.69. The van der Waals surface area contributed by atoms with Crippen molar-refractivity contribution < 1.29 is 19.5 Å². The fourth-order valence-electron chi connectivity index (χ4n) is 2.97. The Kier molecular flexibility index (Phi) is 5.75. The second kappa shape index (κ2) is 8.39. The third-order valence-electron chi connectivity index (χ3n) is 4.45. The Hall–Kier alpha value is -3.29. The molecule has 0 aliphatic heterocycles. The minimum atomic E-state index is -1.21. The molecule has 0 atom stereocenters. The fraction of sp³-hybridized carbons (Fsp3) is 0.316. The standard InChI is InChI=1S/C19H20N4O4/c24-17(22-13-4-2-1-3-5-13)12-6-8-14(9-7-12)23-18(25)15-10-21-16(11-20-15)19(26)27/h6-11,13H,1-5H2,(H,22,24)(H,23,25)(H,26,27). The van der Waals surface area contributed by atoms with Crippen LogP contribution in [0, 0.1) is 0 Å². The van der Waals surface area contributed by atoms with Gasteiger partial charge in [-0.25, -0.2) is 14.8 Å². The summed E-state index contributed by atoms with van der Waals surface area (Å²) in [6.45, 7) is 0. The second-order valence-electron chi connectivity index (χ2n) is 6.43. The van der Waals surface area contributed by atoms with Crippen LogP contribution in [-0.4, -0.2) is 38.9 Å². The van der Waals surface area contributed by atoms with E-state index in [9.17, 15) is 14.4 Å². The molecule has 0 radical (unpaired) electrons. The summed E-state index contributed by atoms with van der Waals surface area (Å²) in [5.41, 5.74) is 0.793. The molecule has 1 heterocycles. The molecule has 1 saturated carbocycles. The number of carboxylic acids is 1. The number of carboxylic acid groups (broad SMARTS) is 1. The van der Waals surface area contributed by atoms with Gasteiger partial charge in [-0.1, -0.05) is 19.3 Å². The summed E-state index contributed by atoms with van der Waals surface area (Å²) in [6, 6.07) is 6.79. The second-order valence-corrected chi connectivity index (χ2v) is 6.43. The first-order chi connectivity index (χ1) is 13.0. The molecule has 0 spiro atoms. The number of amides is 2. The smallest absolute Gasteiger partial charge is 0.356 e. The van der Waals surface area contributed by atoms with Gasteiger partial charge >= 0.3 is 5.97 Å². The van der Waals surface area contributed by atoms with Gasteiger partial charge in [-0.05, 0) is 37.1 Å². The summed E-state index contributed by atoms with van der Waals surface area (Å²) < 4.78 is 0. The number of nitrogens with zero attached hydrogens (tertiary/aromatic N) is 2. The number of aromatic nitrogens is 2. The van der Waals surface area contributed by atoms with Crippen LogP contribution in [0.2, 0.25) is 0 Å². The lowest BCUT2D eigenvalue weighted by atomic mass is 9.95. The maximum Gasteiger partial charge on any atom is 0.356 e. The van der Waals surface area contributed by atoms with Crippen LogP contribution in [0.25, 0.3) is 0 Å². The normalized spacial score (nSPS) is 14.4. The lowest BCUT2D eigenvalue weighted by Crippen LogP contribution is -2.36. The maximum absolute atomic E-state index is 12.3. The van der Waals surface area contributed by atoms with Gasteiger partial charge in [0.1, 0.15) is 5.69 Å². The minimum Gasteiger partial charge on any atom is -0.476 e. The predicted octanol–water partition coefficient (Wildman–Crippen LogP) is 2.49. The van der Waals surface area contributed by atoms with Crippen LogP contribution in [-0.2, 0) is 0 Å². The molecular formula is C19H20N4O4. The van der Waals surface area contributed by atoms with Gasteiger partial charge in [0, 0.05) is 17.3 Å². The monoisotopic (exact) mass is 368 g/mol. The Balaban J connectivity index is 1.58. The van der Waals surface area contributed by atoms with Crippen molar-refractivity contribution in [3.63, 3.8) is 0 Å². The Morgan fingerprint density at radius 1 is 0.889 bits per heavy atom. The Bertz CT molecular complexity index is 828. The Labute approximate surface area is 156 Å². The van der Waals surface area contributed by atoms with Crippen molar-refractivity contribution in [3.05, 3.63) is 53.6 Å². The highest BCUT2D eigenvalue weighted by Gasteiger charge is 2.17. The van der Waals surface area contributed by atoms with E-state index in [1.165, 1.54) is 6.42 Å². The molecule has 3 rings (SSSR count). The number of hydrogen-bond donors (Lipinski definition) is 3. The van der Waals surface area contributed by atoms with Crippen molar-refractivity contribution in [1.82, 2.24) is 15.3 Å². The Morgan fingerprint density at radius 2 is 1.52 bits per heavy atom. The van der Waals surface area contributed by atoms with Crippen LogP contribution >= 0.6 is 0 Å². The molecule has 8 nitrogen and oxygen atoms in total. The van der Waals surface area contributed by atoms with Crippen LogP contribution in [0.1, 0.15) is 63.4 Å². The van der Waals surface area contributed by atoms with Crippen LogP contribution in [0.5, 0.6) is 0 Å². The van der Waals surface area contributed by atoms with Gasteiger partial charge in [-0.3, -0.25) is 9.59 Å². The quantitative estimate of drug-likeness (QED) is 0.745. The topological polar surface area (TPSA) is 121 Å². The summed E-state index contributed by atoms with van der Waals surface area (Å²) in [7, 11) is 0. The van der Waals surface area contributed by atoms with E-state index in [-0.39, 0.29) is 23.3 Å². The lowest BCUT2D eigenvalue weighted by Gasteiger charge is -2.22. The highest BCUT2D eigenvalue weighted by atomic mass is 16.4. The molecule has 1 aliphatic rings. The summed E-state index contributed by atoms with van der Waals surface area (Å²) in [6.07, 6.45) is 7.67. The summed E-state index contributed by atoms with van der Waals surface area (Å²) in [5, 5.41) is 14.5. The number of carbonyl (C=O) groups is 3. The predicted molar refractivity (Wildman–Crippen MR) is 97.7 cm³/mol. The first-order valence-electron chi connectivity index (χ1n) is 8.80. The van der Waals surface area contributed by atoms with Crippen molar-refractivity contribution in [3.8, 4) is 0 Å². The average molecular weight is 368 g/mol. The fourth-order valence-corrected chi connectivity index (χ4v) is 2.97. The first-order valence-corrected chi connectivity index (χ1v) is 8.80. The summed E-state index contributed by atoms with van der Waals surface area (Å²) in [4.78, 5) is 42.6. The lowest BCUT2D eigenvalue weighted by molar-refractivity contribution is 0.0689. The van der Waals surface area contributed by atoms with Gasteiger partial charge in [0.2, 0.25) is 0 Å². The minimum absolute atomic E-state index is 0.000817. The van der Waals surface area contributed by atoms with Gasteiger partial charge in [0.05, 0.1) is 12.4 Å². The first kappa shape index (κ1) is 18.5. The van der Waals surface area contributed by atoms with E-state index in [1.54, 1.807) is 24.3 Å². The molecule has 8 heteroatoms. The van der Waals surface area contributed by atoms with Gasteiger partial charge in [-0.15, -0.1) is 0 Å². The summed E-state index contributed by atoms with van der Waals surface area (Å²) >= 11 is 0. The van der Waals surface area contributed by atoms with Crippen LogP contribution < -0.4 is 10.6 Å². The Morgan fingerprint density at radius 3 is 2.11 bits per heavy atom. The molecule has 0 unspecified atom stereocenters. The van der Waals surface area contributed by atoms with E-state index >= 15 is 0 Å². The molecule has 27 heavy (non-hydrogen) atoms. The van der Waals surface area contributed by atoms with E-state index in [1.807, 2.05) is 0 Å². The molecule has 2 aromatic rings. The number of nitrogens with one attached hydrogen (secondary N) is 2. The maximum atomic E-state index is 12.3. The van der Waals surface area contributed by atoms with Crippen LogP contribution in [0.15, 0.2) is 36.7 Å². The van der Waals surface area contributed by atoms with Crippen LogP contribution in [0.4, 0.5) is 5.69 Å². The van der Waals surface area contributed by atoms with E-state index in [0.29, 0.717) is 11.3 Å². The van der Waals surface area contributed by atoms with Gasteiger partial charge < -0.3 is 15.7 Å². The molecule has 1 aromatic carbocycles. The van der Waals surface area contributed by atoms with E-state index in [0.717, 1.165) is 38.1 Å². The molecule has 1 aromatic heterocycles. The number of anilines is 1. The summed E-state index contributed by atoms with van der Waals surface area (Å²) in [5.74, 6) is -1.84. The number of carbonyl (C=O) groups excluding carboxylic acids is 2. The molecule has 1 aliphatic carbocycles. The molecule has 0 bridgehead atoms. The van der Waals surface area contributed by atoms with E-state index < -0.39 is 11.9 Å². The van der Waals surface area contributed by atoms with Crippen molar-refractivity contribution >= 4 is 23.5 Å². The zero-order valence-corrected chi connectivity index (χ0v) is 14.6. The van der Waals surface area contributed by atoms with Gasteiger partial charge in [0.15, 0.2) is 5.69 Å². The van der Waals surface area contributed by atoms with Crippen molar-refractivity contribution in [2.45, 2.75) is 38.1 Å². The number of hydrogen-bond acceptors (Lipinski definition) is 5. The van der Waals surface area contributed by atoms with Crippen molar-refractivity contribution in [1.29, 1.82) is 0 Å². The van der Waals surface area contributed by atoms with Gasteiger partial charge in [-0.2, -0.15) is 0 Å². The molecule has 0 saturated heterocycles. The molecule has 1 fully saturated rings. The number of benzene rings is 1. The zero-order chi connectivity index (χ0) is 19.2. The van der Waals surface area contributed by atoms with E-state index in [2.05, 4.69) is 20.6 Å². The third kappa shape index (κ3) is 4.87. The van der Waals surface area contributed by atoms with Gasteiger partial charge in [0.25, 0.3) is 11.8 Å². The zero-order valence-electron chi connectivity index (χ0n) is 14.6. The number of aromatic carboxylic acids is 1. The van der Waals surface area contributed by atoms with E-state index in [4.69, 9.17) is 5.11 Å². The highest BCUT2D eigenvalue weighted by molar-refractivity contribution is 6.03. The SMILES string of the molecule is O=C(NC1CCCCC1)c1ccc(NC(=O)c2cnc(C(=O)O)cn2)cc1.